The normalized spacial score (nSPS) is 21.0. The Hall–Kier alpha value is -0.0800. The third-order valence-electron chi connectivity index (χ3n) is 4.06. The molecule has 2 nitrogen and oxygen atoms in total. The molecule has 108 valence electrons. The molecule has 1 aliphatic rings. The van der Waals surface area contributed by atoms with Gasteiger partial charge in [0.2, 0.25) is 0 Å². The molecule has 1 aliphatic heterocycles. The maximum absolute atomic E-state index is 3.48. The van der Waals surface area contributed by atoms with Crippen molar-refractivity contribution in [3.8, 4) is 0 Å². The van der Waals surface area contributed by atoms with E-state index in [1.807, 2.05) is 0 Å². The van der Waals surface area contributed by atoms with Gasteiger partial charge in [-0.2, -0.15) is 0 Å². The molecule has 1 saturated heterocycles. The SMILES string of the molecule is CCNCC1CCN(CCCCCCC(C)C)C1. The van der Waals surface area contributed by atoms with Crippen molar-refractivity contribution in [1.82, 2.24) is 10.2 Å². The molecule has 0 aromatic heterocycles. The van der Waals surface area contributed by atoms with E-state index >= 15 is 0 Å². The van der Waals surface area contributed by atoms with Gasteiger partial charge in [0.15, 0.2) is 0 Å². The zero-order valence-electron chi connectivity index (χ0n) is 12.9. The van der Waals surface area contributed by atoms with E-state index in [-0.39, 0.29) is 0 Å². The molecule has 1 heterocycles. The first kappa shape index (κ1) is 16.0. The Morgan fingerprint density at radius 1 is 1.17 bits per heavy atom. The molecule has 0 aromatic carbocycles. The fourth-order valence-corrected chi connectivity index (χ4v) is 2.87. The van der Waals surface area contributed by atoms with Crippen LogP contribution in [0.25, 0.3) is 0 Å². The van der Waals surface area contributed by atoms with Crippen molar-refractivity contribution in [1.29, 1.82) is 0 Å². The highest BCUT2D eigenvalue weighted by atomic mass is 15.1. The van der Waals surface area contributed by atoms with E-state index in [0.717, 1.165) is 18.4 Å². The number of nitrogens with zero attached hydrogens (tertiary/aromatic N) is 1. The quantitative estimate of drug-likeness (QED) is 0.600. The lowest BCUT2D eigenvalue weighted by molar-refractivity contribution is 0.312. The molecule has 1 fully saturated rings. The number of nitrogens with one attached hydrogen (secondary N) is 1. The molecule has 1 atom stereocenters. The maximum atomic E-state index is 3.48. The van der Waals surface area contributed by atoms with Crippen LogP contribution < -0.4 is 5.32 Å². The van der Waals surface area contributed by atoms with Crippen molar-refractivity contribution in [2.45, 2.75) is 59.3 Å². The van der Waals surface area contributed by atoms with Gasteiger partial charge in [0, 0.05) is 6.54 Å². The molecular formula is C16H34N2. The van der Waals surface area contributed by atoms with Crippen molar-refractivity contribution in [2.75, 3.05) is 32.7 Å². The van der Waals surface area contributed by atoms with E-state index in [1.165, 1.54) is 64.7 Å². The van der Waals surface area contributed by atoms with Crippen molar-refractivity contribution in [2.24, 2.45) is 11.8 Å². The summed E-state index contributed by atoms with van der Waals surface area (Å²) < 4.78 is 0. The molecule has 1 unspecified atom stereocenters. The number of unbranched alkanes of at least 4 members (excludes halogenated alkanes) is 3. The topological polar surface area (TPSA) is 15.3 Å². The Kier molecular flexibility index (Phi) is 8.70. The Labute approximate surface area is 115 Å². The predicted molar refractivity (Wildman–Crippen MR) is 81.0 cm³/mol. The molecule has 0 bridgehead atoms. The highest BCUT2D eigenvalue weighted by Crippen LogP contribution is 2.16. The lowest BCUT2D eigenvalue weighted by atomic mass is 10.0. The molecule has 0 saturated carbocycles. The van der Waals surface area contributed by atoms with Crippen LogP contribution in [0.4, 0.5) is 0 Å². The fourth-order valence-electron chi connectivity index (χ4n) is 2.87. The number of rotatable bonds is 10. The first-order chi connectivity index (χ1) is 8.72. The van der Waals surface area contributed by atoms with Crippen LogP contribution in [-0.4, -0.2) is 37.6 Å². The van der Waals surface area contributed by atoms with Gasteiger partial charge in [-0.1, -0.05) is 46.5 Å². The van der Waals surface area contributed by atoms with E-state index in [4.69, 9.17) is 0 Å². The summed E-state index contributed by atoms with van der Waals surface area (Å²) in [6, 6.07) is 0. The molecule has 0 aromatic rings. The van der Waals surface area contributed by atoms with Gasteiger partial charge in [-0.15, -0.1) is 0 Å². The second-order valence-corrected chi connectivity index (χ2v) is 6.36. The van der Waals surface area contributed by atoms with E-state index in [2.05, 4.69) is 31.0 Å². The minimum absolute atomic E-state index is 0.885. The van der Waals surface area contributed by atoms with Crippen LogP contribution in [0.1, 0.15) is 59.3 Å². The fraction of sp³-hybridized carbons (Fsp3) is 1.00. The van der Waals surface area contributed by atoms with Crippen molar-refractivity contribution < 1.29 is 0 Å². The van der Waals surface area contributed by atoms with Crippen LogP contribution in [0.5, 0.6) is 0 Å². The monoisotopic (exact) mass is 254 g/mol. The number of likely N-dealkylation sites (tertiary alicyclic amines) is 1. The third kappa shape index (κ3) is 7.38. The summed E-state index contributed by atoms with van der Waals surface area (Å²) in [6.45, 7) is 13.2. The van der Waals surface area contributed by atoms with Gasteiger partial charge in [0.1, 0.15) is 0 Å². The van der Waals surface area contributed by atoms with Gasteiger partial charge >= 0.3 is 0 Å². The molecule has 0 spiro atoms. The standard InChI is InChI=1S/C16H34N2/c1-4-17-13-16-10-12-18(14-16)11-8-6-5-7-9-15(2)3/h15-17H,4-14H2,1-3H3. The summed E-state index contributed by atoms with van der Waals surface area (Å²) in [5, 5.41) is 3.48. The minimum atomic E-state index is 0.885. The van der Waals surface area contributed by atoms with Crippen LogP contribution in [0.3, 0.4) is 0 Å². The zero-order valence-corrected chi connectivity index (χ0v) is 12.9. The smallest absolute Gasteiger partial charge is 0.00223 e. The Balaban J connectivity index is 1.91. The van der Waals surface area contributed by atoms with Gasteiger partial charge in [-0.25, -0.2) is 0 Å². The average molecular weight is 254 g/mol. The lowest BCUT2D eigenvalue weighted by Gasteiger charge is -2.16. The van der Waals surface area contributed by atoms with E-state index in [1.54, 1.807) is 0 Å². The highest BCUT2D eigenvalue weighted by Gasteiger charge is 2.20. The molecule has 2 heteroatoms. The maximum Gasteiger partial charge on any atom is 0.00223 e. The third-order valence-corrected chi connectivity index (χ3v) is 4.06. The van der Waals surface area contributed by atoms with Gasteiger partial charge in [0.05, 0.1) is 0 Å². The number of hydrogen-bond acceptors (Lipinski definition) is 2. The second kappa shape index (κ2) is 9.80. The summed E-state index contributed by atoms with van der Waals surface area (Å²) in [7, 11) is 0. The van der Waals surface area contributed by atoms with Gasteiger partial charge in [-0.3, -0.25) is 0 Å². The Morgan fingerprint density at radius 2 is 1.94 bits per heavy atom. The van der Waals surface area contributed by atoms with Crippen molar-refractivity contribution in [3.63, 3.8) is 0 Å². The predicted octanol–water partition coefficient (Wildman–Crippen LogP) is 3.52. The first-order valence-corrected chi connectivity index (χ1v) is 8.15. The molecule has 0 amide bonds. The largest absolute Gasteiger partial charge is 0.317 e. The van der Waals surface area contributed by atoms with Crippen molar-refractivity contribution in [3.05, 3.63) is 0 Å². The molecule has 1 rings (SSSR count). The second-order valence-electron chi connectivity index (χ2n) is 6.36. The zero-order chi connectivity index (χ0) is 13.2. The summed E-state index contributed by atoms with van der Waals surface area (Å²) in [5.74, 6) is 1.79. The first-order valence-electron chi connectivity index (χ1n) is 8.15. The van der Waals surface area contributed by atoms with E-state index in [9.17, 15) is 0 Å². The molecule has 1 N–H and O–H groups in total. The van der Waals surface area contributed by atoms with E-state index in [0.29, 0.717) is 0 Å². The summed E-state index contributed by atoms with van der Waals surface area (Å²) in [6.07, 6.45) is 8.52. The average Bonchev–Trinajstić information content (AvgIpc) is 2.78. The van der Waals surface area contributed by atoms with Crippen molar-refractivity contribution >= 4 is 0 Å². The van der Waals surface area contributed by atoms with Gasteiger partial charge < -0.3 is 10.2 Å². The molecule has 0 aliphatic carbocycles. The van der Waals surface area contributed by atoms with Gasteiger partial charge in [0.25, 0.3) is 0 Å². The molecule has 18 heavy (non-hydrogen) atoms. The lowest BCUT2D eigenvalue weighted by Crippen LogP contribution is -2.26. The Morgan fingerprint density at radius 3 is 2.67 bits per heavy atom. The van der Waals surface area contributed by atoms with Crippen LogP contribution >= 0.6 is 0 Å². The van der Waals surface area contributed by atoms with Crippen LogP contribution in [0.2, 0.25) is 0 Å². The van der Waals surface area contributed by atoms with Gasteiger partial charge in [-0.05, 0) is 50.9 Å². The number of hydrogen-bond donors (Lipinski definition) is 1. The summed E-state index contributed by atoms with van der Waals surface area (Å²) in [4.78, 5) is 2.67. The summed E-state index contributed by atoms with van der Waals surface area (Å²) >= 11 is 0. The van der Waals surface area contributed by atoms with Crippen LogP contribution in [-0.2, 0) is 0 Å². The van der Waals surface area contributed by atoms with Crippen LogP contribution in [0, 0.1) is 11.8 Å². The molecule has 0 radical (unpaired) electrons. The highest BCUT2D eigenvalue weighted by molar-refractivity contribution is 4.76. The molecular weight excluding hydrogens is 220 g/mol. The van der Waals surface area contributed by atoms with E-state index < -0.39 is 0 Å². The Bertz CT molecular complexity index is 192. The summed E-state index contributed by atoms with van der Waals surface area (Å²) in [5.41, 5.74) is 0. The minimum Gasteiger partial charge on any atom is -0.317 e. The van der Waals surface area contributed by atoms with Crippen LogP contribution in [0.15, 0.2) is 0 Å².